The molecule has 15 heavy (non-hydrogen) atoms. The molecule has 5 heteroatoms. The lowest BCUT2D eigenvalue weighted by Crippen LogP contribution is -2.54. The van der Waals surface area contributed by atoms with Crippen molar-refractivity contribution >= 4 is 5.97 Å². The molecule has 0 bridgehead atoms. The number of carboxylic acids is 1. The van der Waals surface area contributed by atoms with Gasteiger partial charge in [0.2, 0.25) is 0 Å². The van der Waals surface area contributed by atoms with Gasteiger partial charge in [0.15, 0.2) is 0 Å². The molecule has 88 valence electrons. The zero-order valence-electron chi connectivity index (χ0n) is 9.23. The topological polar surface area (TPSA) is 81.8 Å². The molecule has 0 heterocycles. The first-order valence-corrected chi connectivity index (χ1v) is 5.13. The van der Waals surface area contributed by atoms with E-state index in [0.717, 1.165) is 12.8 Å². The number of rotatable bonds is 7. The Kier molecular flexibility index (Phi) is 4.07. The number of carboxylic acid groups (broad SMARTS) is 1. The van der Waals surface area contributed by atoms with Crippen LogP contribution in [-0.2, 0) is 14.3 Å². The largest absolute Gasteiger partial charge is 0.480 e. The smallest absolute Gasteiger partial charge is 0.326 e. The van der Waals surface area contributed by atoms with E-state index in [1.807, 2.05) is 6.92 Å². The van der Waals surface area contributed by atoms with Crippen molar-refractivity contribution in [3.63, 3.8) is 0 Å². The van der Waals surface area contributed by atoms with Crippen LogP contribution in [0.2, 0.25) is 0 Å². The van der Waals surface area contributed by atoms with Crippen molar-refractivity contribution in [2.75, 3.05) is 20.3 Å². The van der Waals surface area contributed by atoms with Crippen LogP contribution >= 0.6 is 0 Å². The molecule has 5 nitrogen and oxygen atoms in total. The maximum Gasteiger partial charge on any atom is 0.326 e. The Labute approximate surface area is 89.5 Å². The number of ether oxygens (including phenoxy) is 2. The first-order valence-electron chi connectivity index (χ1n) is 5.13. The molecule has 2 atom stereocenters. The van der Waals surface area contributed by atoms with Crippen LogP contribution in [0.1, 0.15) is 19.8 Å². The highest BCUT2D eigenvalue weighted by molar-refractivity contribution is 5.79. The predicted octanol–water partition coefficient (Wildman–Crippen LogP) is 0.230. The molecular weight excluding hydrogens is 198 g/mol. The maximum atomic E-state index is 11.0. The molecule has 1 fully saturated rings. The molecule has 0 aromatic rings. The number of nitrogens with two attached hydrogens (primary N) is 1. The molecule has 0 aliphatic heterocycles. The van der Waals surface area contributed by atoms with E-state index in [-0.39, 0.29) is 18.6 Å². The highest BCUT2D eigenvalue weighted by Gasteiger charge is 2.48. The minimum absolute atomic E-state index is 0.0531. The van der Waals surface area contributed by atoms with Crippen molar-refractivity contribution in [3.8, 4) is 0 Å². The molecule has 1 aliphatic carbocycles. The number of hydrogen-bond donors (Lipinski definition) is 2. The summed E-state index contributed by atoms with van der Waals surface area (Å²) in [5.41, 5.74) is 4.60. The molecule has 0 aromatic carbocycles. The van der Waals surface area contributed by atoms with Gasteiger partial charge in [-0.05, 0) is 25.7 Å². The maximum absolute atomic E-state index is 11.0. The second-order valence-electron chi connectivity index (χ2n) is 4.20. The van der Waals surface area contributed by atoms with E-state index in [1.54, 1.807) is 7.11 Å². The van der Waals surface area contributed by atoms with E-state index < -0.39 is 11.5 Å². The van der Waals surface area contributed by atoms with Crippen LogP contribution < -0.4 is 5.73 Å². The molecule has 0 amide bonds. The van der Waals surface area contributed by atoms with Gasteiger partial charge >= 0.3 is 5.97 Å². The van der Waals surface area contributed by atoms with Gasteiger partial charge in [0.1, 0.15) is 5.54 Å². The summed E-state index contributed by atoms with van der Waals surface area (Å²) in [6.07, 6.45) is 1.63. The number of hydrogen-bond acceptors (Lipinski definition) is 4. The van der Waals surface area contributed by atoms with Crippen molar-refractivity contribution in [2.24, 2.45) is 11.7 Å². The minimum Gasteiger partial charge on any atom is -0.480 e. The Balaban J connectivity index is 2.42. The number of methoxy groups -OCH3 is 1. The third kappa shape index (κ3) is 3.15. The van der Waals surface area contributed by atoms with Crippen LogP contribution in [0.5, 0.6) is 0 Å². The van der Waals surface area contributed by atoms with Crippen molar-refractivity contribution in [1.82, 2.24) is 0 Å². The van der Waals surface area contributed by atoms with Gasteiger partial charge in [-0.1, -0.05) is 0 Å². The summed E-state index contributed by atoms with van der Waals surface area (Å²) in [4.78, 5) is 11.0. The SMILES string of the molecule is COCC(C)OCC(N)(C(=O)O)C1CC1. The van der Waals surface area contributed by atoms with Crippen molar-refractivity contribution in [2.45, 2.75) is 31.4 Å². The second-order valence-corrected chi connectivity index (χ2v) is 4.20. The van der Waals surface area contributed by atoms with E-state index in [9.17, 15) is 4.79 Å². The Morgan fingerprint density at radius 2 is 2.27 bits per heavy atom. The molecule has 0 radical (unpaired) electrons. The van der Waals surface area contributed by atoms with E-state index >= 15 is 0 Å². The normalized spacial score (nSPS) is 22.1. The first kappa shape index (κ1) is 12.4. The van der Waals surface area contributed by atoms with Crippen molar-refractivity contribution in [1.29, 1.82) is 0 Å². The van der Waals surface area contributed by atoms with Gasteiger partial charge in [0.05, 0.1) is 19.3 Å². The predicted molar refractivity (Wildman–Crippen MR) is 54.6 cm³/mol. The first-order chi connectivity index (χ1) is 7.00. The third-order valence-corrected chi connectivity index (χ3v) is 2.71. The van der Waals surface area contributed by atoms with E-state index in [4.69, 9.17) is 20.3 Å². The minimum atomic E-state index is -1.22. The molecule has 0 spiro atoms. The number of carbonyl (C=O) groups is 1. The average Bonchev–Trinajstić information content (AvgIpc) is 2.97. The van der Waals surface area contributed by atoms with Gasteiger partial charge in [-0.2, -0.15) is 0 Å². The van der Waals surface area contributed by atoms with Gasteiger partial charge in [0, 0.05) is 7.11 Å². The fourth-order valence-corrected chi connectivity index (χ4v) is 1.52. The third-order valence-electron chi connectivity index (χ3n) is 2.71. The molecule has 3 N–H and O–H groups in total. The summed E-state index contributed by atoms with van der Waals surface area (Å²) in [5.74, 6) is -0.917. The average molecular weight is 217 g/mol. The summed E-state index contributed by atoms with van der Waals surface area (Å²) >= 11 is 0. The quantitative estimate of drug-likeness (QED) is 0.638. The van der Waals surface area contributed by atoms with Gasteiger partial charge in [-0.3, -0.25) is 4.79 Å². The van der Waals surface area contributed by atoms with Crippen LogP contribution in [-0.4, -0.2) is 43.0 Å². The Hall–Kier alpha value is -0.650. The standard InChI is InChI=1S/C10H19NO4/c1-7(5-14-2)15-6-10(11,9(12)13)8-3-4-8/h7-8H,3-6,11H2,1-2H3,(H,12,13). The van der Waals surface area contributed by atoms with Gasteiger partial charge < -0.3 is 20.3 Å². The van der Waals surface area contributed by atoms with E-state index in [2.05, 4.69) is 0 Å². The Morgan fingerprint density at radius 1 is 1.67 bits per heavy atom. The summed E-state index contributed by atoms with van der Waals surface area (Å²) in [6, 6.07) is 0. The Morgan fingerprint density at radius 3 is 2.67 bits per heavy atom. The number of aliphatic carboxylic acids is 1. The molecule has 0 saturated heterocycles. The molecule has 2 unspecified atom stereocenters. The highest BCUT2D eigenvalue weighted by Crippen LogP contribution is 2.38. The van der Waals surface area contributed by atoms with Crippen LogP contribution in [0.3, 0.4) is 0 Å². The summed E-state index contributed by atoms with van der Waals surface area (Å²) in [6.45, 7) is 2.33. The lowest BCUT2D eigenvalue weighted by molar-refractivity contribution is -0.148. The summed E-state index contributed by atoms with van der Waals surface area (Å²) < 4.78 is 10.3. The molecule has 1 aliphatic rings. The van der Waals surface area contributed by atoms with E-state index in [0.29, 0.717) is 6.61 Å². The van der Waals surface area contributed by atoms with Gasteiger partial charge in [-0.25, -0.2) is 0 Å². The van der Waals surface area contributed by atoms with Crippen LogP contribution in [0, 0.1) is 5.92 Å². The van der Waals surface area contributed by atoms with E-state index in [1.165, 1.54) is 0 Å². The molecular formula is C10H19NO4. The summed E-state index contributed by atoms with van der Waals surface area (Å²) in [5, 5.41) is 9.05. The fraction of sp³-hybridized carbons (Fsp3) is 0.900. The zero-order valence-corrected chi connectivity index (χ0v) is 9.23. The molecule has 0 aromatic heterocycles. The highest BCUT2D eigenvalue weighted by atomic mass is 16.5. The monoisotopic (exact) mass is 217 g/mol. The zero-order chi connectivity index (χ0) is 11.5. The van der Waals surface area contributed by atoms with Crippen molar-refractivity contribution < 1.29 is 19.4 Å². The van der Waals surface area contributed by atoms with Crippen LogP contribution in [0.4, 0.5) is 0 Å². The fourth-order valence-electron chi connectivity index (χ4n) is 1.52. The van der Waals surface area contributed by atoms with Crippen LogP contribution in [0.15, 0.2) is 0 Å². The summed E-state index contributed by atoms with van der Waals surface area (Å²) in [7, 11) is 1.58. The van der Waals surface area contributed by atoms with Gasteiger partial charge in [0.25, 0.3) is 0 Å². The molecule has 1 saturated carbocycles. The van der Waals surface area contributed by atoms with Crippen molar-refractivity contribution in [3.05, 3.63) is 0 Å². The lowest BCUT2D eigenvalue weighted by Gasteiger charge is -2.26. The Bertz CT molecular complexity index is 229. The lowest BCUT2D eigenvalue weighted by atomic mass is 9.96. The second kappa shape index (κ2) is 4.92. The van der Waals surface area contributed by atoms with Crippen LogP contribution in [0.25, 0.3) is 0 Å². The van der Waals surface area contributed by atoms with Gasteiger partial charge in [-0.15, -0.1) is 0 Å². The molecule has 1 rings (SSSR count).